The molecule has 102 valence electrons. The fourth-order valence-electron chi connectivity index (χ4n) is 1.70. The zero-order valence-corrected chi connectivity index (χ0v) is 11.0. The maximum Gasteiger partial charge on any atom is 0.314 e. The van der Waals surface area contributed by atoms with Crippen molar-refractivity contribution >= 4 is 12.0 Å². The monoisotopic (exact) mass is 254 g/mol. The molecule has 0 aromatic carbocycles. The van der Waals surface area contributed by atoms with Gasteiger partial charge in [0.05, 0.1) is 0 Å². The third-order valence-corrected chi connectivity index (χ3v) is 2.37. The Hall–Kier alpha value is -1.70. The lowest BCUT2D eigenvalue weighted by Crippen LogP contribution is -2.39. The van der Waals surface area contributed by atoms with Crippen LogP contribution in [0.2, 0.25) is 0 Å². The first kappa shape index (κ1) is 16.3. The number of carboxylic acids is 1. The van der Waals surface area contributed by atoms with E-state index in [-0.39, 0.29) is 18.4 Å². The molecule has 0 spiro atoms. The van der Waals surface area contributed by atoms with Crippen LogP contribution in [0.1, 0.15) is 33.1 Å². The van der Waals surface area contributed by atoms with Crippen molar-refractivity contribution in [2.75, 3.05) is 13.1 Å². The predicted molar refractivity (Wildman–Crippen MR) is 70.0 cm³/mol. The first-order valence-electron chi connectivity index (χ1n) is 6.12. The topological polar surface area (TPSA) is 78.4 Å². The first-order chi connectivity index (χ1) is 8.45. The van der Waals surface area contributed by atoms with E-state index < -0.39 is 5.97 Å². The molecule has 0 aromatic heterocycles. The maximum absolute atomic E-state index is 11.4. The van der Waals surface area contributed by atoms with Gasteiger partial charge in [-0.3, -0.25) is 4.79 Å². The van der Waals surface area contributed by atoms with Gasteiger partial charge in [0.15, 0.2) is 0 Å². The molecule has 18 heavy (non-hydrogen) atoms. The Morgan fingerprint density at radius 1 is 1.33 bits per heavy atom. The van der Waals surface area contributed by atoms with Crippen LogP contribution in [0.4, 0.5) is 4.79 Å². The number of carbonyl (C=O) groups is 2. The van der Waals surface area contributed by atoms with E-state index in [1.165, 1.54) is 0 Å². The Bertz CT molecular complexity index is 308. The number of aliphatic carboxylic acids is 1. The number of carboxylic acid groups (broad SMARTS) is 1. The zero-order valence-electron chi connectivity index (χ0n) is 11.0. The summed E-state index contributed by atoms with van der Waals surface area (Å²) in [5.74, 6) is 1.94. The molecule has 0 aliphatic rings. The third-order valence-electron chi connectivity index (χ3n) is 2.37. The minimum Gasteiger partial charge on any atom is -0.481 e. The molecular weight excluding hydrogens is 232 g/mol. The minimum atomic E-state index is -0.838. The van der Waals surface area contributed by atoms with Crippen molar-refractivity contribution < 1.29 is 14.7 Å². The molecule has 1 atom stereocenters. The molecule has 0 aliphatic heterocycles. The third kappa shape index (κ3) is 9.52. The van der Waals surface area contributed by atoms with E-state index in [0.29, 0.717) is 25.4 Å². The summed E-state index contributed by atoms with van der Waals surface area (Å²) in [6.45, 7) is 4.85. The summed E-state index contributed by atoms with van der Waals surface area (Å²) in [6, 6.07) is -0.301. The molecule has 0 aliphatic carbocycles. The van der Waals surface area contributed by atoms with Gasteiger partial charge in [-0.1, -0.05) is 13.8 Å². The highest BCUT2D eigenvalue weighted by molar-refractivity contribution is 5.74. The maximum atomic E-state index is 11.4. The largest absolute Gasteiger partial charge is 0.481 e. The van der Waals surface area contributed by atoms with E-state index in [4.69, 9.17) is 11.5 Å². The second-order valence-corrected chi connectivity index (χ2v) is 4.68. The number of rotatable bonds is 8. The molecule has 1 unspecified atom stereocenters. The van der Waals surface area contributed by atoms with Crippen LogP contribution >= 0.6 is 0 Å². The fourth-order valence-corrected chi connectivity index (χ4v) is 1.70. The Balaban J connectivity index is 3.97. The molecule has 0 heterocycles. The molecule has 0 fully saturated rings. The highest BCUT2D eigenvalue weighted by Crippen LogP contribution is 2.14. The van der Waals surface area contributed by atoms with Crippen LogP contribution in [0.5, 0.6) is 0 Å². The molecule has 5 heteroatoms. The minimum absolute atomic E-state index is 0.0408. The lowest BCUT2D eigenvalue weighted by molar-refractivity contribution is -0.138. The Morgan fingerprint density at radius 2 is 2.00 bits per heavy atom. The molecule has 2 amide bonds. The summed E-state index contributed by atoms with van der Waals surface area (Å²) < 4.78 is 0. The SMILES string of the molecule is C#CCCNC(=O)NCC(CC(=O)O)CC(C)C. The van der Waals surface area contributed by atoms with Crippen LogP contribution in [0, 0.1) is 24.2 Å². The predicted octanol–water partition coefficient (Wildman–Crippen LogP) is 1.45. The van der Waals surface area contributed by atoms with Crippen molar-refractivity contribution in [1.82, 2.24) is 10.6 Å². The molecule has 0 saturated heterocycles. The molecule has 0 rings (SSSR count). The molecular formula is C13H22N2O3. The second-order valence-electron chi connectivity index (χ2n) is 4.68. The van der Waals surface area contributed by atoms with Crippen LogP contribution in [-0.2, 0) is 4.79 Å². The molecule has 0 radical (unpaired) electrons. The van der Waals surface area contributed by atoms with E-state index >= 15 is 0 Å². The van der Waals surface area contributed by atoms with E-state index in [1.807, 2.05) is 13.8 Å². The average Bonchev–Trinajstić information content (AvgIpc) is 2.25. The molecule has 0 bridgehead atoms. The molecule has 0 saturated carbocycles. The van der Waals surface area contributed by atoms with Crippen LogP contribution in [0.25, 0.3) is 0 Å². The van der Waals surface area contributed by atoms with E-state index in [0.717, 1.165) is 6.42 Å². The van der Waals surface area contributed by atoms with E-state index in [2.05, 4.69) is 16.6 Å². The van der Waals surface area contributed by atoms with Crippen molar-refractivity contribution in [3.63, 3.8) is 0 Å². The van der Waals surface area contributed by atoms with Gasteiger partial charge in [0, 0.05) is 25.9 Å². The van der Waals surface area contributed by atoms with E-state index in [9.17, 15) is 9.59 Å². The number of hydrogen-bond donors (Lipinski definition) is 3. The Labute approximate surface area is 108 Å². The van der Waals surface area contributed by atoms with Gasteiger partial charge < -0.3 is 15.7 Å². The van der Waals surface area contributed by atoms with Gasteiger partial charge in [-0.15, -0.1) is 12.3 Å². The van der Waals surface area contributed by atoms with Crippen molar-refractivity contribution in [3.8, 4) is 12.3 Å². The number of hydrogen-bond acceptors (Lipinski definition) is 2. The normalized spacial score (nSPS) is 11.7. The second kappa shape index (κ2) is 9.34. The van der Waals surface area contributed by atoms with Crippen molar-refractivity contribution in [2.45, 2.75) is 33.1 Å². The van der Waals surface area contributed by atoms with Crippen LogP contribution < -0.4 is 10.6 Å². The van der Waals surface area contributed by atoms with Crippen molar-refractivity contribution in [2.24, 2.45) is 11.8 Å². The summed E-state index contributed by atoms with van der Waals surface area (Å²) in [5, 5.41) is 14.1. The molecule has 0 aromatic rings. The van der Waals surface area contributed by atoms with Gasteiger partial charge in [0.1, 0.15) is 0 Å². The van der Waals surface area contributed by atoms with Crippen LogP contribution in [0.3, 0.4) is 0 Å². The summed E-state index contributed by atoms with van der Waals surface area (Å²) in [6.07, 6.45) is 6.39. The van der Waals surface area contributed by atoms with Crippen LogP contribution in [0.15, 0.2) is 0 Å². The Morgan fingerprint density at radius 3 is 2.50 bits per heavy atom. The fraction of sp³-hybridized carbons (Fsp3) is 0.692. The number of amides is 2. The highest BCUT2D eigenvalue weighted by Gasteiger charge is 2.15. The lowest BCUT2D eigenvalue weighted by Gasteiger charge is -2.17. The number of nitrogens with one attached hydrogen (secondary N) is 2. The molecule has 3 N–H and O–H groups in total. The average molecular weight is 254 g/mol. The van der Waals surface area contributed by atoms with Crippen LogP contribution in [-0.4, -0.2) is 30.2 Å². The number of carbonyl (C=O) groups excluding carboxylic acids is 1. The van der Waals surface area contributed by atoms with Gasteiger partial charge in [0.2, 0.25) is 0 Å². The standard InChI is InChI=1S/C13H22N2O3/c1-4-5-6-14-13(18)15-9-11(7-10(2)3)8-12(16)17/h1,10-11H,5-9H2,2-3H3,(H,16,17)(H2,14,15,18). The molecule has 5 nitrogen and oxygen atoms in total. The van der Waals surface area contributed by atoms with E-state index in [1.54, 1.807) is 0 Å². The van der Waals surface area contributed by atoms with Crippen molar-refractivity contribution in [3.05, 3.63) is 0 Å². The quantitative estimate of drug-likeness (QED) is 0.453. The van der Waals surface area contributed by atoms with Gasteiger partial charge in [-0.25, -0.2) is 4.79 Å². The van der Waals surface area contributed by atoms with Crippen molar-refractivity contribution in [1.29, 1.82) is 0 Å². The Kier molecular flexibility index (Phi) is 8.46. The summed E-state index contributed by atoms with van der Waals surface area (Å²) in [7, 11) is 0. The smallest absolute Gasteiger partial charge is 0.314 e. The zero-order chi connectivity index (χ0) is 14.0. The number of terminal acetylenes is 1. The van der Waals surface area contributed by atoms with Gasteiger partial charge >= 0.3 is 12.0 Å². The summed E-state index contributed by atoms with van der Waals surface area (Å²) in [5.41, 5.74) is 0. The summed E-state index contributed by atoms with van der Waals surface area (Å²) in [4.78, 5) is 22.1. The van der Waals surface area contributed by atoms with Gasteiger partial charge in [-0.05, 0) is 18.3 Å². The first-order valence-corrected chi connectivity index (χ1v) is 6.12. The highest BCUT2D eigenvalue weighted by atomic mass is 16.4. The summed E-state index contributed by atoms with van der Waals surface area (Å²) >= 11 is 0. The van der Waals surface area contributed by atoms with Gasteiger partial charge in [-0.2, -0.15) is 0 Å². The number of urea groups is 1. The van der Waals surface area contributed by atoms with Gasteiger partial charge in [0.25, 0.3) is 0 Å². The lowest BCUT2D eigenvalue weighted by atomic mass is 9.94.